The van der Waals surface area contributed by atoms with Gasteiger partial charge in [0.05, 0.1) is 6.10 Å². The highest BCUT2D eigenvalue weighted by atomic mass is 16.3. The summed E-state index contributed by atoms with van der Waals surface area (Å²) >= 11 is 0. The summed E-state index contributed by atoms with van der Waals surface area (Å²) in [6.45, 7) is 6.59. The van der Waals surface area contributed by atoms with E-state index < -0.39 is 0 Å². The second kappa shape index (κ2) is 6.21. The first-order chi connectivity index (χ1) is 9.49. The Hall–Kier alpha value is -1.64. The Morgan fingerprint density at radius 1 is 0.950 bits per heavy atom. The fourth-order valence-corrected chi connectivity index (χ4v) is 1.92. The summed E-state index contributed by atoms with van der Waals surface area (Å²) in [6.07, 6.45) is -0.383. The van der Waals surface area contributed by atoms with Gasteiger partial charge in [0.15, 0.2) is 0 Å². The summed E-state index contributed by atoms with van der Waals surface area (Å²) in [5, 5.41) is 13.1. The minimum atomic E-state index is -0.383. The fourth-order valence-electron chi connectivity index (χ4n) is 1.92. The number of rotatable bonds is 5. The van der Waals surface area contributed by atoms with Gasteiger partial charge in [-0.2, -0.15) is 0 Å². The summed E-state index contributed by atoms with van der Waals surface area (Å²) < 4.78 is 0. The Balaban J connectivity index is 2.03. The molecule has 1 unspecified atom stereocenters. The van der Waals surface area contributed by atoms with E-state index in [2.05, 4.69) is 53.8 Å². The smallest absolute Gasteiger partial charge is 0.0688 e. The zero-order valence-electron chi connectivity index (χ0n) is 12.4. The van der Waals surface area contributed by atoms with Crippen LogP contribution in [0.5, 0.6) is 0 Å². The monoisotopic (exact) mass is 269 g/mol. The van der Waals surface area contributed by atoms with E-state index in [1.54, 1.807) is 0 Å². The summed E-state index contributed by atoms with van der Waals surface area (Å²) in [6, 6.07) is 18.9. The van der Waals surface area contributed by atoms with E-state index in [-0.39, 0.29) is 11.6 Å². The van der Waals surface area contributed by atoms with Gasteiger partial charge in [-0.25, -0.2) is 0 Å². The van der Waals surface area contributed by atoms with E-state index in [4.69, 9.17) is 0 Å². The van der Waals surface area contributed by atoms with E-state index in [1.807, 2.05) is 26.8 Å². The lowest BCUT2D eigenvalue weighted by Crippen LogP contribution is -2.47. The molecule has 0 spiro atoms. The number of nitrogens with one attached hydrogen (secondary N) is 1. The first kappa shape index (κ1) is 14.8. The third-order valence-electron chi connectivity index (χ3n) is 3.85. The molecule has 0 bridgehead atoms. The van der Waals surface area contributed by atoms with Crippen LogP contribution in [-0.4, -0.2) is 16.7 Å². The van der Waals surface area contributed by atoms with Crippen molar-refractivity contribution in [3.8, 4) is 11.1 Å². The molecular formula is C18H23NO. The Bertz CT molecular complexity index is 529. The third-order valence-corrected chi connectivity index (χ3v) is 3.85. The normalized spacial score (nSPS) is 13.2. The molecule has 2 aromatic carbocycles. The molecule has 0 aliphatic carbocycles. The molecule has 0 fully saturated rings. The number of aliphatic hydroxyl groups excluding tert-OH is 1. The number of hydrogen-bond donors (Lipinski definition) is 2. The van der Waals surface area contributed by atoms with Crippen LogP contribution in [0.25, 0.3) is 11.1 Å². The fraction of sp³-hybridized carbons (Fsp3) is 0.333. The molecule has 0 heterocycles. The topological polar surface area (TPSA) is 32.3 Å². The van der Waals surface area contributed by atoms with Crippen LogP contribution < -0.4 is 5.32 Å². The van der Waals surface area contributed by atoms with Crippen LogP contribution in [0.15, 0.2) is 54.6 Å². The average Bonchev–Trinajstić information content (AvgIpc) is 2.46. The molecule has 0 saturated heterocycles. The molecule has 1 atom stereocenters. The molecule has 2 N–H and O–H groups in total. The van der Waals surface area contributed by atoms with Crippen LogP contribution in [0.3, 0.4) is 0 Å². The van der Waals surface area contributed by atoms with Gasteiger partial charge in [0.1, 0.15) is 0 Å². The minimum absolute atomic E-state index is 0.280. The predicted octanol–water partition coefficient (Wildman–Crippen LogP) is 3.60. The van der Waals surface area contributed by atoms with Crippen LogP contribution in [-0.2, 0) is 6.54 Å². The van der Waals surface area contributed by atoms with Gasteiger partial charge >= 0.3 is 0 Å². The first-order valence-electron chi connectivity index (χ1n) is 7.06. The number of hydrogen-bond acceptors (Lipinski definition) is 2. The molecule has 0 radical (unpaired) electrons. The molecule has 0 amide bonds. The van der Waals surface area contributed by atoms with Gasteiger partial charge in [0, 0.05) is 12.1 Å². The maximum atomic E-state index is 9.69. The maximum Gasteiger partial charge on any atom is 0.0688 e. The van der Waals surface area contributed by atoms with E-state index in [0.717, 1.165) is 6.54 Å². The van der Waals surface area contributed by atoms with Crippen molar-refractivity contribution in [3.05, 3.63) is 60.2 Å². The van der Waals surface area contributed by atoms with Crippen molar-refractivity contribution >= 4 is 0 Å². The van der Waals surface area contributed by atoms with Crippen LogP contribution in [0.4, 0.5) is 0 Å². The van der Waals surface area contributed by atoms with Crippen molar-refractivity contribution in [2.45, 2.75) is 39.0 Å². The quantitative estimate of drug-likeness (QED) is 0.869. The van der Waals surface area contributed by atoms with Gasteiger partial charge in [0.25, 0.3) is 0 Å². The Labute approximate surface area is 121 Å². The third kappa shape index (κ3) is 3.69. The largest absolute Gasteiger partial charge is 0.392 e. The minimum Gasteiger partial charge on any atom is -0.392 e. The van der Waals surface area contributed by atoms with Gasteiger partial charge in [-0.05, 0) is 37.5 Å². The van der Waals surface area contributed by atoms with Crippen LogP contribution >= 0.6 is 0 Å². The number of aliphatic hydroxyl groups is 1. The lowest BCUT2D eigenvalue weighted by atomic mass is 9.98. The maximum absolute atomic E-state index is 9.69. The molecule has 0 saturated carbocycles. The summed E-state index contributed by atoms with van der Waals surface area (Å²) in [7, 11) is 0. The number of benzene rings is 2. The van der Waals surface area contributed by atoms with E-state index in [1.165, 1.54) is 16.7 Å². The second-order valence-corrected chi connectivity index (χ2v) is 5.81. The van der Waals surface area contributed by atoms with Crippen LogP contribution in [0, 0.1) is 0 Å². The van der Waals surface area contributed by atoms with Crippen molar-refractivity contribution in [1.29, 1.82) is 0 Å². The van der Waals surface area contributed by atoms with Crippen molar-refractivity contribution in [2.24, 2.45) is 0 Å². The molecule has 0 aliphatic rings. The van der Waals surface area contributed by atoms with E-state index in [0.29, 0.717) is 0 Å². The van der Waals surface area contributed by atoms with Gasteiger partial charge in [-0.1, -0.05) is 54.6 Å². The predicted molar refractivity (Wildman–Crippen MR) is 84.5 cm³/mol. The highest BCUT2D eigenvalue weighted by Gasteiger charge is 2.22. The molecular weight excluding hydrogens is 246 g/mol. The summed E-state index contributed by atoms with van der Waals surface area (Å²) in [4.78, 5) is 0. The Morgan fingerprint density at radius 3 is 2.05 bits per heavy atom. The Morgan fingerprint density at radius 2 is 1.50 bits per heavy atom. The SMILES string of the molecule is CC(O)C(C)(C)NCc1ccc(-c2ccccc2)cc1. The lowest BCUT2D eigenvalue weighted by Gasteiger charge is -2.29. The molecule has 20 heavy (non-hydrogen) atoms. The molecule has 106 valence electrons. The summed E-state index contributed by atoms with van der Waals surface area (Å²) in [5.74, 6) is 0. The molecule has 2 aromatic rings. The zero-order valence-corrected chi connectivity index (χ0v) is 12.4. The van der Waals surface area contributed by atoms with Crippen molar-refractivity contribution in [3.63, 3.8) is 0 Å². The van der Waals surface area contributed by atoms with Gasteiger partial charge in [-0.15, -0.1) is 0 Å². The van der Waals surface area contributed by atoms with Crippen LogP contribution in [0.2, 0.25) is 0 Å². The van der Waals surface area contributed by atoms with Crippen LogP contribution in [0.1, 0.15) is 26.3 Å². The highest BCUT2D eigenvalue weighted by molar-refractivity contribution is 5.63. The van der Waals surface area contributed by atoms with Gasteiger partial charge < -0.3 is 10.4 Å². The zero-order chi connectivity index (χ0) is 14.6. The van der Waals surface area contributed by atoms with E-state index in [9.17, 15) is 5.11 Å². The van der Waals surface area contributed by atoms with Crippen molar-refractivity contribution < 1.29 is 5.11 Å². The molecule has 0 aromatic heterocycles. The summed E-state index contributed by atoms with van der Waals surface area (Å²) in [5.41, 5.74) is 3.40. The molecule has 0 aliphatic heterocycles. The Kier molecular flexibility index (Phi) is 4.58. The van der Waals surface area contributed by atoms with Gasteiger partial charge in [0.2, 0.25) is 0 Å². The molecule has 2 nitrogen and oxygen atoms in total. The second-order valence-electron chi connectivity index (χ2n) is 5.81. The highest BCUT2D eigenvalue weighted by Crippen LogP contribution is 2.19. The average molecular weight is 269 g/mol. The molecule has 2 heteroatoms. The van der Waals surface area contributed by atoms with Crippen molar-refractivity contribution in [2.75, 3.05) is 0 Å². The molecule has 2 rings (SSSR count). The van der Waals surface area contributed by atoms with E-state index >= 15 is 0 Å². The first-order valence-corrected chi connectivity index (χ1v) is 7.06. The lowest BCUT2D eigenvalue weighted by molar-refractivity contribution is 0.0956. The standard InChI is InChI=1S/C18H23NO/c1-14(20)18(2,3)19-13-15-9-11-17(12-10-15)16-7-5-4-6-8-16/h4-12,14,19-20H,13H2,1-3H3. The van der Waals surface area contributed by atoms with Gasteiger partial charge in [-0.3, -0.25) is 0 Å². The van der Waals surface area contributed by atoms with Crippen molar-refractivity contribution in [1.82, 2.24) is 5.32 Å².